The van der Waals surface area contributed by atoms with Gasteiger partial charge in [0, 0.05) is 17.0 Å². The van der Waals surface area contributed by atoms with Gasteiger partial charge in [-0.2, -0.15) is 0 Å². The lowest BCUT2D eigenvalue weighted by Crippen LogP contribution is -2.36. The summed E-state index contributed by atoms with van der Waals surface area (Å²) in [5, 5.41) is -1.09. The molecule has 0 fully saturated rings. The van der Waals surface area contributed by atoms with Gasteiger partial charge in [-0.25, -0.2) is 8.42 Å². The minimum atomic E-state index is -3.98. The van der Waals surface area contributed by atoms with E-state index < -0.39 is 21.0 Å². The lowest BCUT2D eigenvalue weighted by molar-refractivity contribution is -0.117. The lowest BCUT2D eigenvalue weighted by Gasteiger charge is -2.14. The first kappa shape index (κ1) is 18.2. The van der Waals surface area contributed by atoms with Crippen LogP contribution in [0.2, 0.25) is 5.02 Å². The maximum atomic E-state index is 12.6. The molecule has 2 N–H and O–H groups in total. The summed E-state index contributed by atoms with van der Waals surface area (Å²) in [5.74, 6) is -1.22. The quantitative estimate of drug-likeness (QED) is 0.763. The Balaban J connectivity index is 2.19. The fourth-order valence-corrected chi connectivity index (χ4v) is 3.97. The number of ketones is 1. The van der Waals surface area contributed by atoms with Crippen LogP contribution >= 0.6 is 11.6 Å². The summed E-state index contributed by atoms with van der Waals surface area (Å²) in [6.45, 7) is 0. The Bertz CT molecular complexity index is 833. The number of rotatable bonds is 7. The summed E-state index contributed by atoms with van der Waals surface area (Å²) in [4.78, 5) is 23.7. The van der Waals surface area contributed by atoms with Gasteiger partial charge < -0.3 is 5.73 Å². The van der Waals surface area contributed by atoms with Gasteiger partial charge in [0.25, 0.3) is 0 Å². The van der Waals surface area contributed by atoms with E-state index in [1.165, 1.54) is 24.3 Å². The highest BCUT2D eigenvalue weighted by atomic mass is 35.5. The molecular weight excluding hydrogens is 350 g/mol. The van der Waals surface area contributed by atoms with E-state index in [0.717, 1.165) is 0 Å². The van der Waals surface area contributed by atoms with Gasteiger partial charge in [0.15, 0.2) is 15.6 Å². The molecule has 1 amide bonds. The van der Waals surface area contributed by atoms with Crippen LogP contribution < -0.4 is 5.73 Å². The number of halogens is 1. The van der Waals surface area contributed by atoms with Crippen molar-refractivity contribution in [1.82, 2.24) is 0 Å². The van der Waals surface area contributed by atoms with E-state index in [0.29, 0.717) is 10.6 Å². The monoisotopic (exact) mass is 365 g/mol. The Hall–Kier alpha value is -2.18. The van der Waals surface area contributed by atoms with Crippen LogP contribution in [0.1, 0.15) is 23.2 Å². The molecule has 2 rings (SSSR count). The van der Waals surface area contributed by atoms with Crippen molar-refractivity contribution in [3.05, 3.63) is 65.2 Å². The van der Waals surface area contributed by atoms with Crippen molar-refractivity contribution < 1.29 is 18.0 Å². The summed E-state index contributed by atoms with van der Waals surface area (Å²) in [6.07, 6.45) is -0.265. The maximum absolute atomic E-state index is 12.6. The van der Waals surface area contributed by atoms with Gasteiger partial charge in [-0.3, -0.25) is 9.59 Å². The molecule has 0 heterocycles. The summed E-state index contributed by atoms with van der Waals surface area (Å²) in [5.41, 5.74) is 5.72. The molecular formula is C17H16ClNO4S. The number of nitrogens with two attached hydrogens (primary N) is 1. The number of hydrogen-bond donors (Lipinski definition) is 1. The van der Waals surface area contributed by atoms with Crippen molar-refractivity contribution in [2.24, 2.45) is 5.73 Å². The van der Waals surface area contributed by atoms with Crippen molar-refractivity contribution in [2.75, 3.05) is 0 Å². The lowest BCUT2D eigenvalue weighted by atomic mass is 10.1. The second-order valence-corrected chi connectivity index (χ2v) is 7.78. The van der Waals surface area contributed by atoms with Crippen molar-refractivity contribution in [3.63, 3.8) is 0 Å². The first-order valence-corrected chi connectivity index (χ1v) is 9.12. The highest BCUT2D eigenvalue weighted by Crippen LogP contribution is 2.22. The molecule has 0 radical (unpaired) electrons. The largest absolute Gasteiger partial charge is 0.369 e. The van der Waals surface area contributed by atoms with Crippen molar-refractivity contribution in [1.29, 1.82) is 0 Å². The van der Waals surface area contributed by atoms with E-state index in [1.54, 1.807) is 30.3 Å². The van der Waals surface area contributed by atoms with Crippen LogP contribution in [-0.4, -0.2) is 25.4 Å². The highest BCUT2D eigenvalue weighted by Gasteiger charge is 2.32. The van der Waals surface area contributed by atoms with E-state index in [9.17, 15) is 18.0 Å². The second kappa shape index (κ2) is 7.59. The summed E-state index contributed by atoms with van der Waals surface area (Å²) < 4.78 is 25.2. The van der Waals surface area contributed by atoms with Gasteiger partial charge in [0.2, 0.25) is 5.91 Å². The number of amides is 1. The topological polar surface area (TPSA) is 94.3 Å². The molecule has 24 heavy (non-hydrogen) atoms. The van der Waals surface area contributed by atoms with Crippen molar-refractivity contribution >= 4 is 33.1 Å². The molecule has 5 nitrogen and oxygen atoms in total. The predicted octanol–water partition coefficient (Wildman–Crippen LogP) is 2.63. The molecule has 0 aliphatic carbocycles. The van der Waals surface area contributed by atoms with Gasteiger partial charge in [0.05, 0.1) is 4.90 Å². The van der Waals surface area contributed by atoms with Crippen LogP contribution in [0.4, 0.5) is 0 Å². The number of benzene rings is 2. The zero-order valence-electron chi connectivity index (χ0n) is 12.7. The first-order valence-electron chi connectivity index (χ1n) is 7.19. The average molecular weight is 366 g/mol. The third-order valence-corrected chi connectivity index (χ3v) is 5.96. The summed E-state index contributed by atoms with van der Waals surface area (Å²) >= 11 is 5.74. The number of sulfone groups is 1. The number of carbonyl (C=O) groups is 2. The third kappa shape index (κ3) is 4.21. The van der Waals surface area contributed by atoms with Crippen LogP contribution in [0.25, 0.3) is 0 Å². The molecule has 126 valence electrons. The van der Waals surface area contributed by atoms with Gasteiger partial charge in [-0.05, 0) is 30.7 Å². The molecule has 0 aliphatic rings. The van der Waals surface area contributed by atoms with Gasteiger partial charge in [-0.15, -0.1) is 0 Å². The van der Waals surface area contributed by atoms with E-state index in [1.807, 2.05) is 0 Å². The zero-order chi connectivity index (χ0) is 17.7. The van der Waals surface area contributed by atoms with E-state index in [2.05, 4.69) is 0 Å². The number of carbonyl (C=O) groups excluding carboxylic acids is 2. The minimum Gasteiger partial charge on any atom is -0.369 e. The zero-order valence-corrected chi connectivity index (χ0v) is 14.3. The van der Waals surface area contributed by atoms with E-state index in [4.69, 9.17) is 17.3 Å². The van der Waals surface area contributed by atoms with Gasteiger partial charge in [-0.1, -0.05) is 41.9 Å². The normalized spacial score (nSPS) is 12.5. The summed E-state index contributed by atoms with van der Waals surface area (Å²) in [7, 11) is -3.98. The molecule has 2 aromatic rings. The fraction of sp³-hybridized carbons (Fsp3) is 0.176. The summed E-state index contributed by atoms with van der Waals surface area (Å²) in [6, 6.07) is 13.9. The van der Waals surface area contributed by atoms with E-state index >= 15 is 0 Å². The van der Waals surface area contributed by atoms with Crippen LogP contribution in [0.15, 0.2) is 59.5 Å². The SMILES string of the molecule is NC(=O)[C@H](CCC(=O)c1ccccc1)S(=O)(=O)c1ccc(Cl)cc1. The molecule has 0 saturated heterocycles. The highest BCUT2D eigenvalue weighted by molar-refractivity contribution is 7.92. The third-order valence-electron chi connectivity index (χ3n) is 3.56. The molecule has 0 saturated carbocycles. The maximum Gasteiger partial charge on any atom is 0.236 e. The van der Waals surface area contributed by atoms with Crippen molar-refractivity contribution in [3.8, 4) is 0 Å². The number of Topliss-reactive ketones (excluding diaryl/α,β-unsaturated/α-hetero) is 1. The Labute approximate surface area is 145 Å². The van der Waals surface area contributed by atoms with Crippen molar-refractivity contribution in [2.45, 2.75) is 23.0 Å². The minimum absolute atomic E-state index is 0.0529. The Kier molecular flexibility index (Phi) is 5.75. The smallest absolute Gasteiger partial charge is 0.236 e. The molecule has 7 heteroatoms. The Morgan fingerprint density at radius 2 is 1.58 bits per heavy atom. The fourth-order valence-electron chi connectivity index (χ4n) is 2.27. The van der Waals surface area contributed by atoms with Crippen LogP contribution in [0.5, 0.6) is 0 Å². The number of hydrogen-bond acceptors (Lipinski definition) is 4. The average Bonchev–Trinajstić information content (AvgIpc) is 2.55. The van der Waals surface area contributed by atoms with Gasteiger partial charge >= 0.3 is 0 Å². The predicted molar refractivity (Wildman–Crippen MR) is 91.6 cm³/mol. The first-order chi connectivity index (χ1) is 11.3. The molecule has 0 aromatic heterocycles. The Morgan fingerprint density at radius 3 is 2.12 bits per heavy atom. The second-order valence-electron chi connectivity index (χ2n) is 5.22. The van der Waals surface area contributed by atoms with Gasteiger partial charge in [0.1, 0.15) is 5.25 Å². The molecule has 0 bridgehead atoms. The Morgan fingerprint density at radius 1 is 1.00 bits per heavy atom. The van der Waals surface area contributed by atoms with E-state index in [-0.39, 0.29) is 23.5 Å². The molecule has 0 spiro atoms. The van der Waals surface area contributed by atoms with Crippen LogP contribution in [0, 0.1) is 0 Å². The van der Waals surface area contributed by atoms with Crippen LogP contribution in [-0.2, 0) is 14.6 Å². The van der Waals surface area contributed by atoms with Crippen LogP contribution in [0.3, 0.4) is 0 Å². The molecule has 1 atom stereocenters. The molecule has 0 unspecified atom stereocenters. The molecule has 2 aromatic carbocycles. The number of primary amides is 1. The molecule has 0 aliphatic heterocycles. The standard InChI is InChI=1S/C17H16ClNO4S/c18-13-6-8-14(9-7-13)24(22,23)16(17(19)21)11-10-15(20)12-4-2-1-3-5-12/h1-9,16H,10-11H2,(H2,19,21)/t16-/m0/s1.